The second-order valence-corrected chi connectivity index (χ2v) is 53.8. The molecule has 0 spiro atoms. The Hall–Kier alpha value is 1.20. The summed E-state index contributed by atoms with van der Waals surface area (Å²) in [5.74, 6) is 0. The molecule has 404 valence electrons. The summed E-state index contributed by atoms with van der Waals surface area (Å²) in [6.07, 6.45) is 34.9. The van der Waals surface area contributed by atoms with E-state index in [0.717, 1.165) is 18.9 Å². The van der Waals surface area contributed by atoms with Crippen molar-refractivity contribution < 1.29 is 35.4 Å². The SMILES string of the molecule is CCOOCCCCCCCCCCC[Si](O[Si](C)(C)CCCCCCCC[Si](C)(C)OC)(O[Si](C)(C)CCCCCCCC[Si](C)(C)OC)O[Si](C)(C)CCCCCCCC[Si](C)(C)OC. The van der Waals surface area contributed by atoms with Crippen LogP contribution in [0.5, 0.6) is 0 Å². The smallest absolute Gasteiger partial charge is 0.420 e. The third-order valence-corrected chi connectivity index (χ3v) is 38.3. The number of hydrogen-bond acceptors (Lipinski definition) is 8. The van der Waals surface area contributed by atoms with Crippen molar-refractivity contribution in [2.75, 3.05) is 34.5 Å². The van der Waals surface area contributed by atoms with Crippen molar-refractivity contribution in [1.29, 1.82) is 0 Å². The first kappa shape index (κ1) is 68.2. The molecule has 0 aromatic heterocycles. The predicted molar refractivity (Wildman–Crippen MR) is 311 cm³/mol. The molecule has 0 unspecified atom stereocenters. The van der Waals surface area contributed by atoms with Crippen LogP contribution in [0.3, 0.4) is 0 Å². The Morgan fingerprint density at radius 3 is 0.687 bits per heavy atom. The summed E-state index contributed by atoms with van der Waals surface area (Å²) in [6.45, 7) is 32.4. The molecular formula is C52H120O8Si7. The molecule has 15 heteroatoms. The summed E-state index contributed by atoms with van der Waals surface area (Å²) in [5.41, 5.74) is 0. The van der Waals surface area contributed by atoms with E-state index in [-0.39, 0.29) is 0 Å². The van der Waals surface area contributed by atoms with Gasteiger partial charge < -0.3 is 25.6 Å². The first-order valence-corrected chi connectivity index (χ1v) is 49.1. The molecule has 0 fully saturated rings. The van der Waals surface area contributed by atoms with Gasteiger partial charge in [-0.25, -0.2) is 9.78 Å². The molecule has 0 aromatic rings. The number of rotatable bonds is 50. The van der Waals surface area contributed by atoms with Gasteiger partial charge in [-0.3, -0.25) is 0 Å². The predicted octanol–water partition coefficient (Wildman–Crippen LogP) is 18.6. The third-order valence-electron chi connectivity index (χ3n) is 14.3. The lowest BCUT2D eigenvalue weighted by molar-refractivity contribution is -0.291. The van der Waals surface area contributed by atoms with Gasteiger partial charge in [0, 0.05) is 27.4 Å². The Balaban J connectivity index is 5.92. The van der Waals surface area contributed by atoms with Gasteiger partial charge in [-0.2, -0.15) is 0 Å². The molecule has 0 aliphatic heterocycles. The van der Waals surface area contributed by atoms with Crippen molar-refractivity contribution in [1.82, 2.24) is 0 Å². The van der Waals surface area contributed by atoms with Crippen LogP contribution in [0.1, 0.15) is 180 Å². The van der Waals surface area contributed by atoms with Crippen LogP contribution < -0.4 is 0 Å². The number of unbranched alkanes of at least 4 members (excludes halogenated alkanes) is 23. The van der Waals surface area contributed by atoms with E-state index in [0.29, 0.717) is 13.2 Å². The van der Waals surface area contributed by atoms with Gasteiger partial charge in [0.1, 0.15) is 0 Å². The van der Waals surface area contributed by atoms with E-state index in [1.54, 1.807) is 0 Å². The van der Waals surface area contributed by atoms with Gasteiger partial charge in [0.05, 0.1) is 13.2 Å². The fourth-order valence-corrected chi connectivity index (χ4v) is 31.3. The lowest BCUT2D eigenvalue weighted by Crippen LogP contribution is -2.61. The highest BCUT2D eigenvalue weighted by Gasteiger charge is 2.51. The van der Waals surface area contributed by atoms with Crippen molar-refractivity contribution in [3.8, 4) is 0 Å². The molecule has 0 N–H and O–H groups in total. The zero-order valence-electron chi connectivity index (χ0n) is 48.2. The minimum Gasteiger partial charge on any atom is -0.420 e. The summed E-state index contributed by atoms with van der Waals surface area (Å²) in [6, 6.07) is 8.44. The molecule has 8 nitrogen and oxygen atoms in total. The molecule has 0 bridgehead atoms. The maximum absolute atomic E-state index is 7.78. The normalized spacial score (nSPS) is 13.6. The lowest BCUT2D eigenvalue weighted by atomic mass is 10.1. The Morgan fingerprint density at radius 2 is 0.448 bits per heavy atom. The highest BCUT2D eigenvalue weighted by atomic mass is 28.5. The Kier molecular flexibility index (Phi) is 39.4. The van der Waals surface area contributed by atoms with Gasteiger partial charge in [0.2, 0.25) is 0 Å². The zero-order valence-corrected chi connectivity index (χ0v) is 55.2. The van der Waals surface area contributed by atoms with Crippen LogP contribution in [0.2, 0.25) is 121 Å². The maximum atomic E-state index is 7.78. The van der Waals surface area contributed by atoms with Crippen molar-refractivity contribution >= 4 is 58.7 Å². The van der Waals surface area contributed by atoms with Crippen LogP contribution in [-0.4, -0.2) is 93.3 Å². The first-order valence-electron chi connectivity index (χ1n) is 28.5. The molecular weight excluding hydrogens is 949 g/mol. The van der Waals surface area contributed by atoms with Crippen molar-refractivity contribution in [3.63, 3.8) is 0 Å². The highest BCUT2D eigenvalue weighted by Crippen LogP contribution is 2.36. The molecule has 0 saturated heterocycles. The van der Waals surface area contributed by atoms with Gasteiger partial charge >= 0.3 is 8.80 Å². The van der Waals surface area contributed by atoms with E-state index >= 15 is 0 Å². The maximum Gasteiger partial charge on any atom is 0.469 e. The fourth-order valence-electron chi connectivity index (χ4n) is 9.25. The quantitative estimate of drug-likeness (QED) is 0.0258. The Labute approximate surface area is 427 Å². The fraction of sp³-hybridized carbons (Fsp3) is 1.00. The molecule has 0 aliphatic carbocycles. The van der Waals surface area contributed by atoms with Gasteiger partial charge in [-0.15, -0.1) is 0 Å². The minimum atomic E-state index is -2.99. The topological polar surface area (TPSA) is 73.8 Å². The number of hydrogen-bond donors (Lipinski definition) is 0. The van der Waals surface area contributed by atoms with Crippen LogP contribution in [0.15, 0.2) is 0 Å². The van der Waals surface area contributed by atoms with Crippen molar-refractivity contribution in [2.45, 2.75) is 301 Å². The van der Waals surface area contributed by atoms with Gasteiger partial charge in [0.15, 0.2) is 49.9 Å². The van der Waals surface area contributed by atoms with Gasteiger partial charge in [0.25, 0.3) is 0 Å². The molecule has 0 aromatic carbocycles. The molecule has 0 rings (SSSR count). The zero-order chi connectivity index (χ0) is 50.6. The van der Waals surface area contributed by atoms with E-state index in [9.17, 15) is 0 Å². The second kappa shape index (κ2) is 38.7. The summed E-state index contributed by atoms with van der Waals surface area (Å²) < 4.78 is 40.7. The molecule has 0 saturated carbocycles. The largest absolute Gasteiger partial charge is 0.469 e. The van der Waals surface area contributed by atoms with Crippen LogP contribution in [0.4, 0.5) is 0 Å². The summed E-state index contributed by atoms with van der Waals surface area (Å²) >= 11 is 0. The lowest BCUT2D eigenvalue weighted by Gasteiger charge is -2.45. The third kappa shape index (κ3) is 41.3. The summed E-state index contributed by atoms with van der Waals surface area (Å²) in [5, 5.41) is 0. The molecule has 0 aliphatic rings. The van der Waals surface area contributed by atoms with Gasteiger partial charge in [-0.05, 0) is 135 Å². The highest BCUT2D eigenvalue weighted by molar-refractivity contribution is 6.90. The van der Waals surface area contributed by atoms with Crippen molar-refractivity contribution in [2.24, 2.45) is 0 Å². The van der Waals surface area contributed by atoms with Crippen LogP contribution >= 0.6 is 0 Å². The Bertz CT molecular complexity index is 1030. The monoisotopic (exact) mass is 1070 g/mol. The van der Waals surface area contributed by atoms with Crippen LogP contribution in [0, 0.1) is 0 Å². The van der Waals surface area contributed by atoms with Gasteiger partial charge in [-0.1, -0.05) is 161 Å². The standard InChI is InChI=1S/C52H120O8Si7/c1-17-56-57-45-37-29-21-19-18-20-22-36-44-52-67(58-64(11,12)49-41-33-26-23-30-38-46-61(5,6)53-2,59-65(13,14)50-42-34-27-24-31-39-47-62(7,8)54-3)60-66(15,16)51-43-35-28-25-32-40-48-63(9,10)55-4/h17-52H2,1-16H3. The summed E-state index contributed by atoms with van der Waals surface area (Å²) in [4.78, 5) is 10.2. The second-order valence-electron chi connectivity index (χ2n) is 24.2. The van der Waals surface area contributed by atoms with E-state index < -0.39 is 58.7 Å². The minimum absolute atomic E-state index is 0.621. The summed E-state index contributed by atoms with van der Waals surface area (Å²) in [7, 11) is -7.85. The molecule has 0 heterocycles. The molecule has 0 amide bonds. The van der Waals surface area contributed by atoms with E-state index in [1.807, 2.05) is 28.3 Å². The molecule has 0 atom stereocenters. The first-order chi connectivity index (χ1) is 31.5. The van der Waals surface area contributed by atoms with Crippen LogP contribution in [0.25, 0.3) is 0 Å². The Morgan fingerprint density at radius 1 is 0.239 bits per heavy atom. The van der Waals surface area contributed by atoms with E-state index in [1.165, 1.54) is 197 Å². The van der Waals surface area contributed by atoms with E-state index in [2.05, 4.69) is 78.6 Å². The van der Waals surface area contributed by atoms with Crippen molar-refractivity contribution in [3.05, 3.63) is 0 Å². The molecule has 67 heavy (non-hydrogen) atoms. The molecule has 0 radical (unpaired) electrons. The van der Waals surface area contributed by atoms with E-state index in [4.69, 9.17) is 35.4 Å². The average Bonchev–Trinajstić information content (AvgIpc) is 3.24. The van der Waals surface area contributed by atoms with Crippen LogP contribution in [-0.2, 0) is 35.4 Å². The average molecular weight is 1070 g/mol.